The zero-order valence-electron chi connectivity index (χ0n) is 6.24. The van der Waals surface area contributed by atoms with Crippen molar-refractivity contribution in [3.05, 3.63) is 18.1 Å². The van der Waals surface area contributed by atoms with Crippen LogP contribution in [0.15, 0.2) is 17.3 Å². The Morgan fingerprint density at radius 2 is 2.50 bits per heavy atom. The monoisotopic (exact) mass is 168 g/mol. The SMILES string of the molecule is COc1cnc(N=C=O)c(F)c1. The summed E-state index contributed by atoms with van der Waals surface area (Å²) in [6, 6.07) is 1.09. The van der Waals surface area contributed by atoms with Gasteiger partial charge in [-0.2, -0.15) is 0 Å². The minimum Gasteiger partial charge on any atom is -0.495 e. The van der Waals surface area contributed by atoms with Crippen molar-refractivity contribution in [2.45, 2.75) is 0 Å². The van der Waals surface area contributed by atoms with Crippen LogP contribution in [-0.4, -0.2) is 18.2 Å². The lowest BCUT2D eigenvalue weighted by Gasteiger charge is -1.98. The summed E-state index contributed by atoms with van der Waals surface area (Å²) in [5, 5.41) is 0. The lowest BCUT2D eigenvalue weighted by Crippen LogP contribution is -1.87. The number of methoxy groups -OCH3 is 1. The van der Waals surface area contributed by atoms with Crippen molar-refractivity contribution >= 4 is 11.9 Å². The first-order valence-corrected chi connectivity index (χ1v) is 3.05. The van der Waals surface area contributed by atoms with Gasteiger partial charge in [0.05, 0.1) is 13.3 Å². The maximum absolute atomic E-state index is 12.8. The molecule has 1 heterocycles. The third-order valence-corrected chi connectivity index (χ3v) is 1.18. The fraction of sp³-hybridized carbons (Fsp3) is 0.143. The number of pyridine rings is 1. The summed E-state index contributed by atoms with van der Waals surface area (Å²) < 4.78 is 17.5. The van der Waals surface area contributed by atoms with Crippen LogP contribution in [0.1, 0.15) is 0 Å². The van der Waals surface area contributed by atoms with Gasteiger partial charge >= 0.3 is 0 Å². The highest BCUT2D eigenvalue weighted by Crippen LogP contribution is 2.18. The van der Waals surface area contributed by atoms with Crippen molar-refractivity contribution < 1.29 is 13.9 Å². The molecular weight excluding hydrogens is 163 g/mol. The lowest BCUT2D eigenvalue weighted by atomic mass is 10.4. The molecule has 0 aliphatic rings. The molecule has 62 valence electrons. The van der Waals surface area contributed by atoms with E-state index in [9.17, 15) is 9.18 Å². The fourth-order valence-corrected chi connectivity index (χ4v) is 0.650. The molecule has 0 amide bonds. The third kappa shape index (κ3) is 1.65. The molecule has 4 nitrogen and oxygen atoms in total. The number of hydrogen-bond acceptors (Lipinski definition) is 4. The second-order valence-corrected chi connectivity index (χ2v) is 1.88. The van der Waals surface area contributed by atoms with Crippen LogP contribution in [0.2, 0.25) is 0 Å². The first-order valence-electron chi connectivity index (χ1n) is 3.05. The third-order valence-electron chi connectivity index (χ3n) is 1.18. The topological polar surface area (TPSA) is 51.6 Å². The van der Waals surface area contributed by atoms with Crippen LogP contribution < -0.4 is 4.74 Å². The van der Waals surface area contributed by atoms with E-state index >= 15 is 0 Å². The zero-order chi connectivity index (χ0) is 8.97. The summed E-state index contributed by atoms with van der Waals surface area (Å²) in [5.41, 5.74) is 0. The zero-order valence-corrected chi connectivity index (χ0v) is 6.24. The summed E-state index contributed by atoms with van der Waals surface area (Å²) in [6.45, 7) is 0. The van der Waals surface area contributed by atoms with Gasteiger partial charge in [0.25, 0.3) is 0 Å². The van der Waals surface area contributed by atoms with Gasteiger partial charge in [-0.25, -0.2) is 14.2 Å². The van der Waals surface area contributed by atoms with Crippen LogP contribution in [0.25, 0.3) is 0 Å². The Hall–Kier alpha value is -1.74. The van der Waals surface area contributed by atoms with Crippen LogP contribution in [-0.2, 0) is 4.79 Å². The summed E-state index contributed by atoms with van der Waals surface area (Å²) in [6.07, 6.45) is 2.46. The molecule has 1 aromatic heterocycles. The van der Waals surface area contributed by atoms with E-state index < -0.39 is 5.82 Å². The van der Waals surface area contributed by atoms with E-state index in [1.54, 1.807) is 0 Å². The van der Waals surface area contributed by atoms with Gasteiger partial charge < -0.3 is 4.74 Å². The Bertz CT molecular complexity index is 334. The second kappa shape index (κ2) is 3.59. The Morgan fingerprint density at radius 1 is 1.75 bits per heavy atom. The highest BCUT2D eigenvalue weighted by molar-refractivity contribution is 5.45. The van der Waals surface area contributed by atoms with E-state index in [0.717, 1.165) is 6.07 Å². The number of halogens is 1. The molecule has 12 heavy (non-hydrogen) atoms. The summed E-state index contributed by atoms with van der Waals surface area (Å²) in [7, 11) is 1.39. The number of nitrogens with zero attached hydrogens (tertiary/aromatic N) is 2. The molecule has 0 atom stereocenters. The van der Waals surface area contributed by atoms with Crippen molar-refractivity contribution in [1.29, 1.82) is 0 Å². The van der Waals surface area contributed by atoms with Crippen molar-refractivity contribution in [3.63, 3.8) is 0 Å². The van der Waals surface area contributed by atoms with Gasteiger partial charge in [0.2, 0.25) is 11.9 Å². The van der Waals surface area contributed by atoms with Crippen LogP contribution >= 0.6 is 0 Å². The number of isocyanates is 1. The van der Waals surface area contributed by atoms with E-state index in [4.69, 9.17) is 0 Å². The van der Waals surface area contributed by atoms with E-state index in [1.165, 1.54) is 19.4 Å². The molecule has 0 fully saturated rings. The predicted octanol–water partition coefficient (Wildman–Crippen LogP) is 1.20. The van der Waals surface area contributed by atoms with Crippen molar-refractivity contribution in [1.82, 2.24) is 4.98 Å². The highest BCUT2D eigenvalue weighted by Gasteiger charge is 2.03. The normalized spacial score (nSPS) is 8.83. The number of aliphatic imine (C=N–C) groups is 1. The average molecular weight is 168 g/mol. The first kappa shape index (κ1) is 8.36. The molecule has 0 aliphatic heterocycles. The molecule has 0 saturated heterocycles. The fourth-order valence-electron chi connectivity index (χ4n) is 0.650. The number of rotatable bonds is 2. The van der Waals surface area contributed by atoms with E-state index in [0.29, 0.717) is 0 Å². The predicted molar refractivity (Wildman–Crippen MR) is 38.5 cm³/mol. The Kier molecular flexibility index (Phi) is 2.50. The standard InChI is InChI=1S/C7H5FN2O2/c1-12-5-2-6(8)7(9-3-5)10-4-11/h2-3H,1H3. The van der Waals surface area contributed by atoms with Gasteiger partial charge in [-0.05, 0) is 0 Å². The smallest absolute Gasteiger partial charge is 0.242 e. The molecule has 0 radical (unpaired) electrons. The lowest BCUT2D eigenvalue weighted by molar-refractivity contribution is 0.409. The molecule has 0 unspecified atom stereocenters. The van der Waals surface area contributed by atoms with Gasteiger partial charge in [0, 0.05) is 6.07 Å². The van der Waals surface area contributed by atoms with Crippen LogP contribution in [0, 0.1) is 5.82 Å². The van der Waals surface area contributed by atoms with Crippen molar-refractivity contribution in [3.8, 4) is 5.75 Å². The van der Waals surface area contributed by atoms with Gasteiger partial charge in [-0.15, -0.1) is 4.99 Å². The van der Waals surface area contributed by atoms with Crippen molar-refractivity contribution in [2.75, 3.05) is 7.11 Å². The quantitative estimate of drug-likeness (QED) is 0.492. The Labute approximate surface area is 67.7 Å². The Balaban J connectivity index is 3.11. The molecular formula is C7H5FN2O2. The molecule has 1 aromatic rings. The number of hydrogen-bond donors (Lipinski definition) is 0. The molecule has 1 rings (SSSR count). The number of carbonyl (C=O) groups excluding carboxylic acids is 1. The number of aromatic nitrogens is 1. The molecule has 0 N–H and O–H groups in total. The van der Waals surface area contributed by atoms with Gasteiger partial charge in [0.15, 0.2) is 5.82 Å². The molecule has 0 spiro atoms. The van der Waals surface area contributed by atoms with E-state index in [-0.39, 0.29) is 11.6 Å². The molecule has 0 aliphatic carbocycles. The maximum Gasteiger partial charge on any atom is 0.242 e. The van der Waals surface area contributed by atoms with E-state index in [2.05, 4.69) is 14.7 Å². The van der Waals surface area contributed by atoms with Crippen molar-refractivity contribution in [2.24, 2.45) is 4.99 Å². The highest BCUT2D eigenvalue weighted by atomic mass is 19.1. The van der Waals surface area contributed by atoms with Crippen LogP contribution in [0.5, 0.6) is 5.75 Å². The maximum atomic E-state index is 12.8. The van der Waals surface area contributed by atoms with Crippen LogP contribution in [0.4, 0.5) is 10.2 Å². The molecule has 0 bridgehead atoms. The summed E-state index contributed by atoms with van der Waals surface area (Å²) in [5.74, 6) is -0.721. The Morgan fingerprint density at radius 3 is 3.00 bits per heavy atom. The summed E-state index contributed by atoms with van der Waals surface area (Å²) >= 11 is 0. The number of ether oxygens (including phenoxy) is 1. The van der Waals surface area contributed by atoms with Crippen LogP contribution in [0.3, 0.4) is 0 Å². The van der Waals surface area contributed by atoms with Gasteiger partial charge in [-0.3, -0.25) is 0 Å². The van der Waals surface area contributed by atoms with Gasteiger partial charge in [0.1, 0.15) is 5.75 Å². The minimum absolute atomic E-state index is 0.275. The summed E-state index contributed by atoms with van der Waals surface area (Å²) in [4.78, 5) is 16.3. The molecule has 0 saturated carbocycles. The molecule has 5 heteroatoms. The second-order valence-electron chi connectivity index (χ2n) is 1.88. The average Bonchev–Trinajstić information content (AvgIpc) is 2.09. The minimum atomic E-state index is -0.710. The van der Waals surface area contributed by atoms with E-state index in [1.807, 2.05) is 0 Å². The van der Waals surface area contributed by atoms with Gasteiger partial charge in [-0.1, -0.05) is 0 Å². The largest absolute Gasteiger partial charge is 0.495 e. The first-order chi connectivity index (χ1) is 5.77. The molecule has 0 aromatic carbocycles.